The van der Waals surface area contributed by atoms with Crippen LogP contribution in [0.2, 0.25) is 0 Å². The molecular weight excluding hydrogens is 300 g/mol. The standard InChI is InChI=1S/C20H38N2O2/c1-14-8-7-9-15(2)22(14)16(3)12-17-10-11-21(20(4,5)6)13-18(17)19(23)24/h14-18H,7-13H2,1-6H3,(H,23,24). The predicted molar refractivity (Wildman–Crippen MR) is 99.3 cm³/mol. The summed E-state index contributed by atoms with van der Waals surface area (Å²) < 4.78 is 0. The van der Waals surface area contributed by atoms with Crippen molar-refractivity contribution in [3.05, 3.63) is 0 Å². The number of nitrogens with zero attached hydrogens (tertiary/aromatic N) is 2. The van der Waals surface area contributed by atoms with Gasteiger partial charge in [0, 0.05) is 30.2 Å². The summed E-state index contributed by atoms with van der Waals surface area (Å²) in [6, 6.07) is 1.73. The van der Waals surface area contributed by atoms with Crippen LogP contribution in [0.3, 0.4) is 0 Å². The molecule has 0 aromatic carbocycles. The SMILES string of the molecule is CC1CCCC(C)N1C(C)CC1CCN(C(C)(C)C)CC1C(=O)O. The summed E-state index contributed by atoms with van der Waals surface area (Å²) in [4.78, 5) is 16.9. The largest absolute Gasteiger partial charge is 0.481 e. The van der Waals surface area contributed by atoms with E-state index in [1.165, 1.54) is 19.3 Å². The molecular formula is C20H38N2O2. The molecule has 0 saturated carbocycles. The van der Waals surface area contributed by atoms with E-state index in [0.29, 0.717) is 30.6 Å². The van der Waals surface area contributed by atoms with Gasteiger partial charge in [0.15, 0.2) is 0 Å². The Balaban J connectivity index is 2.03. The van der Waals surface area contributed by atoms with Crippen LogP contribution in [0.15, 0.2) is 0 Å². The van der Waals surface area contributed by atoms with E-state index in [-0.39, 0.29) is 11.5 Å². The maximum atomic E-state index is 11.9. The molecule has 140 valence electrons. The molecule has 0 radical (unpaired) electrons. The first-order chi connectivity index (χ1) is 11.1. The van der Waals surface area contributed by atoms with E-state index in [4.69, 9.17) is 0 Å². The number of carboxylic acid groups (broad SMARTS) is 1. The zero-order valence-corrected chi connectivity index (χ0v) is 16.6. The molecule has 2 heterocycles. The molecule has 4 nitrogen and oxygen atoms in total. The number of hydrogen-bond acceptors (Lipinski definition) is 3. The highest BCUT2D eigenvalue weighted by molar-refractivity contribution is 5.70. The smallest absolute Gasteiger partial charge is 0.308 e. The molecule has 4 heteroatoms. The van der Waals surface area contributed by atoms with Gasteiger partial charge < -0.3 is 5.11 Å². The van der Waals surface area contributed by atoms with Crippen LogP contribution < -0.4 is 0 Å². The molecule has 0 spiro atoms. The normalized spacial score (nSPS) is 34.9. The summed E-state index contributed by atoms with van der Waals surface area (Å²) in [5, 5.41) is 9.78. The molecule has 0 aromatic heterocycles. The second kappa shape index (κ2) is 7.74. The van der Waals surface area contributed by atoms with Crippen molar-refractivity contribution in [2.75, 3.05) is 13.1 Å². The third kappa shape index (κ3) is 4.51. The fraction of sp³-hybridized carbons (Fsp3) is 0.950. The second-order valence-corrected chi connectivity index (χ2v) is 9.27. The molecule has 2 aliphatic rings. The summed E-state index contributed by atoms with van der Waals surface area (Å²) in [6.07, 6.45) is 5.91. The molecule has 2 saturated heterocycles. The van der Waals surface area contributed by atoms with E-state index >= 15 is 0 Å². The van der Waals surface area contributed by atoms with Crippen LogP contribution in [0.4, 0.5) is 0 Å². The Morgan fingerprint density at radius 3 is 2.25 bits per heavy atom. The van der Waals surface area contributed by atoms with Gasteiger partial charge in [-0.15, -0.1) is 0 Å². The van der Waals surface area contributed by atoms with Crippen LogP contribution in [0, 0.1) is 11.8 Å². The maximum absolute atomic E-state index is 11.9. The van der Waals surface area contributed by atoms with Gasteiger partial charge in [0.05, 0.1) is 5.92 Å². The zero-order chi connectivity index (χ0) is 18.1. The topological polar surface area (TPSA) is 43.8 Å². The molecule has 24 heavy (non-hydrogen) atoms. The highest BCUT2D eigenvalue weighted by Gasteiger charge is 2.39. The van der Waals surface area contributed by atoms with Crippen LogP contribution in [0.1, 0.15) is 73.6 Å². The Labute approximate surface area is 148 Å². The third-order valence-corrected chi connectivity index (χ3v) is 6.44. The van der Waals surface area contributed by atoms with Gasteiger partial charge in [0.2, 0.25) is 0 Å². The van der Waals surface area contributed by atoms with Crippen LogP contribution in [-0.2, 0) is 4.79 Å². The van der Waals surface area contributed by atoms with Crippen molar-refractivity contribution in [3.63, 3.8) is 0 Å². The molecule has 2 rings (SSSR count). The van der Waals surface area contributed by atoms with E-state index in [2.05, 4.69) is 51.3 Å². The molecule has 0 aliphatic carbocycles. The van der Waals surface area contributed by atoms with Gasteiger partial charge in [-0.05, 0) is 79.7 Å². The van der Waals surface area contributed by atoms with Crippen molar-refractivity contribution < 1.29 is 9.90 Å². The monoisotopic (exact) mass is 338 g/mol. The van der Waals surface area contributed by atoms with Gasteiger partial charge in [0.25, 0.3) is 0 Å². The molecule has 2 fully saturated rings. The lowest BCUT2D eigenvalue weighted by Crippen LogP contribution is -2.54. The fourth-order valence-corrected chi connectivity index (χ4v) is 5.04. The lowest BCUT2D eigenvalue weighted by molar-refractivity contribution is -0.147. The number of piperidine rings is 2. The molecule has 2 aliphatic heterocycles. The van der Waals surface area contributed by atoms with Crippen molar-refractivity contribution in [2.24, 2.45) is 11.8 Å². The van der Waals surface area contributed by atoms with Crippen molar-refractivity contribution >= 4 is 5.97 Å². The summed E-state index contributed by atoms with van der Waals surface area (Å²) in [6.45, 7) is 15.3. The van der Waals surface area contributed by atoms with Gasteiger partial charge in [0.1, 0.15) is 0 Å². The third-order valence-electron chi connectivity index (χ3n) is 6.44. The lowest BCUT2D eigenvalue weighted by Gasteiger charge is -2.47. The molecule has 0 aromatic rings. The van der Waals surface area contributed by atoms with E-state index in [1.807, 2.05) is 0 Å². The summed E-state index contributed by atoms with van der Waals surface area (Å²) in [5.74, 6) is -0.533. The van der Waals surface area contributed by atoms with Crippen molar-refractivity contribution in [1.82, 2.24) is 9.80 Å². The van der Waals surface area contributed by atoms with E-state index in [0.717, 1.165) is 19.4 Å². The van der Waals surface area contributed by atoms with Crippen LogP contribution in [0.5, 0.6) is 0 Å². The van der Waals surface area contributed by atoms with E-state index < -0.39 is 5.97 Å². The summed E-state index contributed by atoms with van der Waals surface area (Å²) in [5.41, 5.74) is 0.0557. The van der Waals surface area contributed by atoms with Gasteiger partial charge in [-0.3, -0.25) is 14.6 Å². The van der Waals surface area contributed by atoms with Crippen molar-refractivity contribution in [1.29, 1.82) is 0 Å². The zero-order valence-electron chi connectivity index (χ0n) is 16.6. The highest BCUT2D eigenvalue weighted by Crippen LogP contribution is 2.34. The number of carbonyl (C=O) groups is 1. The minimum Gasteiger partial charge on any atom is -0.481 e. The second-order valence-electron chi connectivity index (χ2n) is 9.27. The number of rotatable bonds is 4. The lowest BCUT2D eigenvalue weighted by atomic mass is 9.79. The molecule has 5 atom stereocenters. The highest BCUT2D eigenvalue weighted by atomic mass is 16.4. The predicted octanol–water partition coefficient (Wildman–Crippen LogP) is 3.85. The minimum atomic E-state index is -0.610. The number of likely N-dealkylation sites (tertiary alicyclic amines) is 2. The molecule has 0 bridgehead atoms. The minimum absolute atomic E-state index is 0.0557. The molecule has 5 unspecified atom stereocenters. The van der Waals surface area contributed by atoms with E-state index in [1.54, 1.807) is 0 Å². The van der Waals surface area contributed by atoms with Gasteiger partial charge in [-0.1, -0.05) is 6.42 Å². The van der Waals surface area contributed by atoms with Crippen molar-refractivity contribution in [2.45, 2.75) is 97.3 Å². The molecule has 1 N–H and O–H groups in total. The van der Waals surface area contributed by atoms with Crippen LogP contribution in [0.25, 0.3) is 0 Å². The summed E-state index contributed by atoms with van der Waals surface area (Å²) >= 11 is 0. The number of hydrogen-bond donors (Lipinski definition) is 1. The van der Waals surface area contributed by atoms with E-state index in [9.17, 15) is 9.90 Å². The quantitative estimate of drug-likeness (QED) is 0.845. The van der Waals surface area contributed by atoms with Crippen LogP contribution >= 0.6 is 0 Å². The summed E-state index contributed by atoms with van der Waals surface area (Å²) in [7, 11) is 0. The Bertz CT molecular complexity index is 422. The first-order valence-corrected chi connectivity index (χ1v) is 9.86. The Morgan fingerprint density at radius 1 is 1.17 bits per heavy atom. The Morgan fingerprint density at radius 2 is 1.75 bits per heavy atom. The van der Waals surface area contributed by atoms with Crippen LogP contribution in [-0.4, -0.2) is 57.6 Å². The Kier molecular flexibility index (Phi) is 6.35. The van der Waals surface area contributed by atoms with Gasteiger partial charge in [-0.25, -0.2) is 0 Å². The van der Waals surface area contributed by atoms with Crippen molar-refractivity contribution in [3.8, 4) is 0 Å². The van der Waals surface area contributed by atoms with Gasteiger partial charge in [-0.2, -0.15) is 0 Å². The first kappa shape index (κ1) is 19.7. The Hall–Kier alpha value is -0.610. The average molecular weight is 339 g/mol. The number of carboxylic acids is 1. The first-order valence-electron chi connectivity index (χ1n) is 9.86. The maximum Gasteiger partial charge on any atom is 0.308 e. The average Bonchev–Trinajstić information content (AvgIpc) is 2.46. The number of aliphatic carboxylic acids is 1. The van der Waals surface area contributed by atoms with Gasteiger partial charge >= 0.3 is 5.97 Å². The molecule has 0 amide bonds. The fourth-order valence-electron chi connectivity index (χ4n) is 5.04.